The molecule has 2 heterocycles. The summed E-state index contributed by atoms with van der Waals surface area (Å²) in [5.74, 6) is 0.0515. The lowest BCUT2D eigenvalue weighted by atomic mass is 10.1. The molecular weight excluding hydrogens is 308 g/mol. The Labute approximate surface area is 145 Å². The molecule has 2 amide bonds. The smallest absolute Gasteiger partial charge is 0.410 e. The molecule has 0 bridgehead atoms. The van der Waals surface area contributed by atoms with Crippen LogP contribution in [-0.2, 0) is 9.53 Å². The molecule has 0 aliphatic carbocycles. The predicted octanol–water partition coefficient (Wildman–Crippen LogP) is 0.750. The highest BCUT2D eigenvalue weighted by Gasteiger charge is 2.28. The minimum Gasteiger partial charge on any atom is -0.444 e. The Morgan fingerprint density at radius 3 is 2.42 bits per heavy atom. The van der Waals surface area contributed by atoms with Crippen molar-refractivity contribution in [1.29, 1.82) is 0 Å². The van der Waals surface area contributed by atoms with Crippen LogP contribution in [-0.4, -0.2) is 91.2 Å². The number of carbonyl (C=O) groups excluding carboxylic acids is 2. The molecule has 138 valence electrons. The molecule has 1 atom stereocenters. The van der Waals surface area contributed by atoms with Crippen LogP contribution in [0.4, 0.5) is 4.79 Å². The Kier molecular flexibility index (Phi) is 6.46. The van der Waals surface area contributed by atoms with Crippen molar-refractivity contribution in [2.24, 2.45) is 0 Å². The van der Waals surface area contributed by atoms with Crippen molar-refractivity contribution >= 4 is 12.0 Å². The number of amides is 2. The Hall–Kier alpha value is -1.34. The quantitative estimate of drug-likeness (QED) is 0.821. The number of hydrogen-bond acceptors (Lipinski definition) is 5. The molecule has 0 aromatic heterocycles. The Balaban J connectivity index is 1.75. The van der Waals surface area contributed by atoms with E-state index in [9.17, 15) is 9.59 Å². The van der Waals surface area contributed by atoms with Crippen molar-refractivity contribution in [2.75, 3.05) is 52.9 Å². The monoisotopic (exact) mass is 340 g/mol. The molecular formula is C17H32N4O3. The van der Waals surface area contributed by atoms with Crippen molar-refractivity contribution in [1.82, 2.24) is 20.0 Å². The van der Waals surface area contributed by atoms with E-state index in [1.54, 1.807) is 4.90 Å². The van der Waals surface area contributed by atoms with Crippen molar-refractivity contribution in [3.63, 3.8) is 0 Å². The number of hydrogen-bond donors (Lipinski definition) is 1. The third-order valence-electron chi connectivity index (χ3n) is 4.40. The van der Waals surface area contributed by atoms with Crippen LogP contribution in [0.5, 0.6) is 0 Å². The molecule has 7 heteroatoms. The molecule has 1 N–H and O–H groups in total. The van der Waals surface area contributed by atoms with Gasteiger partial charge in [0.2, 0.25) is 5.91 Å². The van der Waals surface area contributed by atoms with Crippen LogP contribution in [0.15, 0.2) is 0 Å². The number of nitrogens with one attached hydrogen (secondary N) is 1. The largest absolute Gasteiger partial charge is 0.444 e. The average molecular weight is 340 g/mol. The van der Waals surface area contributed by atoms with E-state index >= 15 is 0 Å². The van der Waals surface area contributed by atoms with Crippen molar-refractivity contribution in [2.45, 2.75) is 45.3 Å². The van der Waals surface area contributed by atoms with E-state index in [2.05, 4.69) is 22.2 Å². The molecule has 0 aromatic rings. The van der Waals surface area contributed by atoms with Gasteiger partial charge in [0.1, 0.15) is 5.60 Å². The molecule has 2 rings (SSSR count). The highest BCUT2D eigenvalue weighted by atomic mass is 16.6. The predicted molar refractivity (Wildman–Crippen MR) is 92.9 cm³/mol. The summed E-state index contributed by atoms with van der Waals surface area (Å²) >= 11 is 0. The topological polar surface area (TPSA) is 65.1 Å². The highest BCUT2D eigenvalue weighted by Crippen LogP contribution is 2.15. The zero-order chi connectivity index (χ0) is 17.7. The second-order valence-corrected chi connectivity index (χ2v) is 7.91. The van der Waals surface area contributed by atoms with Gasteiger partial charge in [-0.05, 0) is 40.7 Å². The molecule has 0 saturated carbocycles. The molecule has 7 nitrogen and oxygen atoms in total. The first-order valence-electron chi connectivity index (χ1n) is 8.91. The molecule has 2 aliphatic heterocycles. The van der Waals surface area contributed by atoms with Gasteiger partial charge in [-0.25, -0.2) is 4.79 Å². The Morgan fingerprint density at radius 1 is 1.12 bits per heavy atom. The van der Waals surface area contributed by atoms with Crippen LogP contribution >= 0.6 is 0 Å². The molecule has 0 spiro atoms. The maximum Gasteiger partial charge on any atom is 0.410 e. The Bertz CT molecular complexity index is 442. The summed E-state index contributed by atoms with van der Waals surface area (Å²) in [6.45, 7) is 11.1. The summed E-state index contributed by atoms with van der Waals surface area (Å²) in [5.41, 5.74) is -0.491. The first kappa shape index (κ1) is 19.0. The molecule has 2 fully saturated rings. The first-order chi connectivity index (χ1) is 11.2. The third-order valence-corrected chi connectivity index (χ3v) is 4.40. The fourth-order valence-corrected chi connectivity index (χ4v) is 3.07. The first-order valence-corrected chi connectivity index (χ1v) is 8.91. The Morgan fingerprint density at radius 2 is 1.79 bits per heavy atom. The van der Waals surface area contributed by atoms with E-state index in [1.807, 2.05) is 20.8 Å². The van der Waals surface area contributed by atoms with E-state index in [0.717, 1.165) is 39.0 Å². The van der Waals surface area contributed by atoms with Gasteiger partial charge in [-0.2, -0.15) is 0 Å². The van der Waals surface area contributed by atoms with Gasteiger partial charge in [-0.3, -0.25) is 9.69 Å². The molecule has 24 heavy (non-hydrogen) atoms. The summed E-state index contributed by atoms with van der Waals surface area (Å²) in [4.78, 5) is 30.6. The van der Waals surface area contributed by atoms with Gasteiger partial charge in [0.05, 0.1) is 6.54 Å². The van der Waals surface area contributed by atoms with E-state index in [1.165, 1.54) is 0 Å². The zero-order valence-corrected chi connectivity index (χ0v) is 15.5. The molecule has 0 radical (unpaired) electrons. The lowest BCUT2D eigenvalue weighted by Gasteiger charge is -2.35. The molecule has 0 unspecified atom stereocenters. The standard InChI is InChI=1S/C17H32N4O3/c1-17(2,3)24-16(23)21-7-5-6-14(12-21)18-15(22)13-20-10-8-19(4)9-11-20/h14H,5-13H2,1-4H3,(H,18,22)/t14-/m1/s1. The van der Waals surface area contributed by atoms with Gasteiger partial charge in [-0.1, -0.05) is 0 Å². The van der Waals surface area contributed by atoms with Gasteiger partial charge in [0.25, 0.3) is 0 Å². The van der Waals surface area contributed by atoms with E-state index in [4.69, 9.17) is 4.74 Å². The second-order valence-electron chi connectivity index (χ2n) is 7.91. The molecule has 2 saturated heterocycles. The summed E-state index contributed by atoms with van der Waals surface area (Å²) in [6, 6.07) is 0.0197. The van der Waals surface area contributed by atoms with Crippen molar-refractivity contribution < 1.29 is 14.3 Å². The molecule has 0 aromatic carbocycles. The van der Waals surface area contributed by atoms with Gasteiger partial charge < -0.3 is 19.9 Å². The average Bonchev–Trinajstić information content (AvgIpc) is 2.48. The second kappa shape index (κ2) is 8.16. The number of carbonyl (C=O) groups is 2. The van der Waals surface area contributed by atoms with E-state index in [-0.39, 0.29) is 18.0 Å². The van der Waals surface area contributed by atoms with Crippen molar-refractivity contribution in [3.8, 4) is 0 Å². The highest BCUT2D eigenvalue weighted by molar-refractivity contribution is 5.78. The number of rotatable bonds is 3. The van der Waals surface area contributed by atoms with Gasteiger partial charge in [0.15, 0.2) is 0 Å². The van der Waals surface area contributed by atoms with Gasteiger partial charge in [0, 0.05) is 45.3 Å². The van der Waals surface area contributed by atoms with Crippen molar-refractivity contribution in [3.05, 3.63) is 0 Å². The number of likely N-dealkylation sites (tertiary alicyclic amines) is 1. The van der Waals surface area contributed by atoms with Crippen LogP contribution in [0.3, 0.4) is 0 Å². The number of likely N-dealkylation sites (N-methyl/N-ethyl adjacent to an activating group) is 1. The SMILES string of the molecule is CN1CCN(CC(=O)N[C@@H]2CCCN(C(=O)OC(C)(C)C)C2)CC1. The fraction of sp³-hybridized carbons (Fsp3) is 0.882. The number of piperidine rings is 1. The summed E-state index contributed by atoms with van der Waals surface area (Å²) in [6.07, 6.45) is 1.51. The maximum atomic E-state index is 12.3. The van der Waals surface area contributed by atoms with Gasteiger partial charge >= 0.3 is 6.09 Å². The lowest BCUT2D eigenvalue weighted by Crippen LogP contribution is -2.53. The minimum absolute atomic E-state index is 0.0197. The van der Waals surface area contributed by atoms with Crippen LogP contribution in [0.2, 0.25) is 0 Å². The van der Waals surface area contributed by atoms with E-state index < -0.39 is 5.60 Å². The van der Waals surface area contributed by atoms with Crippen LogP contribution in [0.1, 0.15) is 33.6 Å². The molecule has 2 aliphatic rings. The van der Waals surface area contributed by atoms with Gasteiger partial charge in [-0.15, -0.1) is 0 Å². The third kappa shape index (κ3) is 6.28. The maximum absolute atomic E-state index is 12.3. The van der Waals surface area contributed by atoms with Crippen LogP contribution < -0.4 is 5.32 Å². The summed E-state index contributed by atoms with van der Waals surface area (Å²) in [5, 5.41) is 3.08. The fourth-order valence-electron chi connectivity index (χ4n) is 3.07. The normalized spacial score (nSPS) is 23.8. The van der Waals surface area contributed by atoms with E-state index in [0.29, 0.717) is 19.6 Å². The number of piperazine rings is 1. The zero-order valence-electron chi connectivity index (χ0n) is 15.5. The summed E-state index contributed by atoms with van der Waals surface area (Å²) in [7, 11) is 2.10. The lowest BCUT2D eigenvalue weighted by molar-refractivity contribution is -0.123. The minimum atomic E-state index is -0.491. The van der Waals surface area contributed by atoms with Crippen LogP contribution in [0.25, 0.3) is 0 Å². The summed E-state index contributed by atoms with van der Waals surface area (Å²) < 4.78 is 5.42. The number of nitrogens with zero attached hydrogens (tertiary/aromatic N) is 3. The number of ether oxygens (including phenoxy) is 1. The van der Waals surface area contributed by atoms with Crippen LogP contribution in [0, 0.1) is 0 Å².